The first-order valence-electron chi connectivity index (χ1n) is 12.0. The summed E-state index contributed by atoms with van der Waals surface area (Å²) in [5, 5.41) is 7.07. The minimum atomic E-state index is -0.105. The van der Waals surface area contributed by atoms with E-state index in [1.165, 1.54) is 0 Å². The number of nitrogens with one attached hydrogen (secondary N) is 2. The number of aromatic nitrogens is 4. The maximum atomic E-state index is 6.63. The molecule has 0 spiro atoms. The summed E-state index contributed by atoms with van der Waals surface area (Å²) < 4.78 is 10.8. The first kappa shape index (κ1) is 23.6. The Morgan fingerprint density at radius 1 is 0.943 bits per heavy atom. The van der Waals surface area contributed by atoms with Crippen molar-refractivity contribution in [1.29, 1.82) is 0 Å². The van der Waals surface area contributed by atoms with Crippen LogP contribution in [0.3, 0.4) is 0 Å². The van der Waals surface area contributed by atoms with Crippen LogP contribution in [0.2, 0.25) is 5.15 Å². The van der Waals surface area contributed by atoms with E-state index in [9.17, 15) is 0 Å². The van der Waals surface area contributed by atoms with Gasteiger partial charge in [0, 0.05) is 39.3 Å². The van der Waals surface area contributed by atoms with Crippen molar-refractivity contribution >= 4 is 40.3 Å². The Morgan fingerprint density at radius 2 is 1.69 bits per heavy atom. The summed E-state index contributed by atoms with van der Waals surface area (Å²) in [5.74, 6) is 3.33. The first-order valence-corrected chi connectivity index (χ1v) is 12.4. The molecule has 2 aliphatic rings. The summed E-state index contributed by atoms with van der Waals surface area (Å²) >= 11 is 6.63. The topological polar surface area (TPSA) is 101 Å². The lowest BCUT2D eigenvalue weighted by Crippen LogP contribution is -2.44. The number of hydrogen-bond donors (Lipinski definition) is 2. The van der Waals surface area contributed by atoms with Crippen molar-refractivity contribution in [2.45, 2.75) is 25.8 Å². The average molecular weight is 499 g/mol. The molecule has 0 bridgehead atoms. The second kappa shape index (κ2) is 10.2. The number of halogens is 1. The fourth-order valence-corrected chi connectivity index (χ4v) is 4.74. The Balaban J connectivity index is 1.51. The second-order valence-corrected chi connectivity index (χ2v) is 9.15. The van der Waals surface area contributed by atoms with Gasteiger partial charge in [0.05, 0.1) is 20.3 Å². The maximum Gasteiger partial charge on any atom is 0.229 e. The quantitative estimate of drug-likeness (QED) is 0.504. The largest absolute Gasteiger partial charge is 0.493 e. The Bertz CT molecular complexity index is 1200. The van der Waals surface area contributed by atoms with Crippen LogP contribution in [0, 0.1) is 0 Å². The Morgan fingerprint density at radius 3 is 2.40 bits per heavy atom. The van der Waals surface area contributed by atoms with Crippen molar-refractivity contribution in [3.05, 3.63) is 28.9 Å². The molecule has 35 heavy (non-hydrogen) atoms. The van der Waals surface area contributed by atoms with Crippen LogP contribution in [0.4, 0.5) is 17.6 Å². The van der Waals surface area contributed by atoms with Gasteiger partial charge < -0.3 is 29.9 Å². The molecular formula is C24H31ClN8O2. The summed E-state index contributed by atoms with van der Waals surface area (Å²) in [7, 11) is 3.25. The minimum Gasteiger partial charge on any atom is -0.493 e. The summed E-state index contributed by atoms with van der Waals surface area (Å²) in [6.45, 7) is 7.45. The Kier molecular flexibility index (Phi) is 6.92. The molecule has 5 rings (SSSR count). The van der Waals surface area contributed by atoms with Crippen molar-refractivity contribution < 1.29 is 9.47 Å². The van der Waals surface area contributed by atoms with E-state index >= 15 is 0 Å². The molecule has 186 valence electrons. The lowest BCUT2D eigenvalue weighted by atomic mass is 10.1. The Labute approximate surface area is 210 Å². The van der Waals surface area contributed by atoms with Crippen molar-refractivity contribution in [3.8, 4) is 11.5 Å². The maximum absolute atomic E-state index is 6.63. The standard InChI is InChI=1S/C24H31ClN8O2/c1-15(16-6-7-17(34-2)18(14-16)35-3)27-22-20(25)28-19-21(29-22)30-24(33-12-8-26-9-13-33)31-23(19)32-10-4-5-11-32/h6-7,14-15,26H,4-5,8-13H2,1-3H3,(H,27,29,30,31). The number of anilines is 3. The van der Waals surface area contributed by atoms with Crippen LogP contribution in [0.15, 0.2) is 18.2 Å². The van der Waals surface area contributed by atoms with Crippen LogP contribution in [0.5, 0.6) is 11.5 Å². The zero-order valence-corrected chi connectivity index (χ0v) is 21.1. The predicted molar refractivity (Wildman–Crippen MR) is 138 cm³/mol. The highest BCUT2D eigenvalue weighted by atomic mass is 35.5. The van der Waals surface area contributed by atoms with Crippen molar-refractivity contribution in [3.63, 3.8) is 0 Å². The van der Waals surface area contributed by atoms with Crippen LogP contribution >= 0.6 is 11.6 Å². The highest BCUT2D eigenvalue weighted by molar-refractivity contribution is 6.32. The summed E-state index contributed by atoms with van der Waals surface area (Å²) in [5.41, 5.74) is 2.18. The molecule has 0 saturated carbocycles. The fourth-order valence-electron chi connectivity index (χ4n) is 4.56. The normalized spacial score (nSPS) is 17.0. The number of rotatable bonds is 7. The number of benzene rings is 1. The van der Waals surface area contributed by atoms with Crippen molar-refractivity contribution in [2.75, 3.05) is 68.6 Å². The highest BCUT2D eigenvalue weighted by Gasteiger charge is 2.24. The van der Waals surface area contributed by atoms with Gasteiger partial charge in [-0.15, -0.1) is 0 Å². The third-order valence-electron chi connectivity index (χ3n) is 6.52. The van der Waals surface area contributed by atoms with E-state index in [0.717, 1.165) is 63.5 Å². The molecule has 1 aromatic carbocycles. The van der Waals surface area contributed by atoms with Gasteiger partial charge in [-0.25, -0.2) is 9.97 Å². The summed E-state index contributed by atoms with van der Waals surface area (Å²) in [6, 6.07) is 5.70. The van der Waals surface area contributed by atoms with E-state index in [1.54, 1.807) is 14.2 Å². The molecule has 2 N–H and O–H groups in total. The predicted octanol–water partition coefficient (Wildman–Crippen LogP) is 3.27. The SMILES string of the molecule is COc1ccc(C(C)Nc2nc3nc(N4CCNCC4)nc(N4CCCC4)c3nc2Cl)cc1OC. The zero-order chi connectivity index (χ0) is 24.4. The fraction of sp³-hybridized carbons (Fsp3) is 0.500. The van der Waals surface area contributed by atoms with Crippen molar-refractivity contribution in [2.24, 2.45) is 0 Å². The van der Waals surface area contributed by atoms with Gasteiger partial charge in [-0.1, -0.05) is 17.7 Å². The van der Waals surface area contributed by atoms with Gasteiger partial charge in [0.2, 0.25) is 5.95 Å². The smallest absolute Gasteiger partial charge is 0.229 e. The van der Waals surface area contributed by atoms with E-state index in [1.807, 2.05) is 25.1 Å². The molecule has 0 amide bonds. The van der Waals surface area contributed by atoms with Crippen molar-refractivity contribution in [1.82, 2.24) is 25.3 Å². The summed E-state index contributed by atoms with van der Waals surface area (Å²) in [6.07, 6.45) is 2.27. The van der Waals surface area contributed by atoms with Gasteiger partial charge in [0.25, 0.3) is 0 Å². The second-order valence-electron chi connectivity index (χ2n) is 8.79. The van der Waals surface area contributed by atoms with Gasteiger partial charge in [-0.3, -0.25) is 0 Å². The lowest BCUT2D eigenvalue weighted by molar-refractivity contribution is 0.354. The number of fused-ring (bicyclic) bond motifs is 1. The van der Waals surface area contributed by atoms with E-state index in [0.29, 0.717) is 39.6 Å². The van der Waals surface area contributed by atoms with Gasteiger partial charge >= 0.3 is 0 Å². The number of nitrogens with zero attached hydrogens (tertiary/aromatic N) is 6. The monoisotopic (exact) mass is 498 g/mol. The summed E-state index contributed by atoms with van der Waals surface area (Å²) in [4.78, 5) is 23.7. The molecule has 3 aromatic rings. The van der Waals surface area contributed by atoms with Gasteiger partial charge in [-0.05, 0) is 37.5 Å². The first-order chi connectivity index (χ1) is 17.1. The lowest BCUT2D eigenvalue weighted by Gasteiger charge is -2.28. The molecule has 2 saturated heterocycles. The van der Waals surface area contributed by atoms with Crippen LogP contribution in [-0.4, -0.2) is 73.4 Å². The molecule has 2 fully saturated rings. The molecule has 1 atom stereocenters. The molecule has 2 aliphatic heterocycles. The molecule has 2 aromatic heterocycles. The number of methoxy groups -OCH3 is 2. The number of hydrogen-bond acceptors (Lipinski definition) is 10. The third kappa shape index (κ3) is 4.85. The molecular weight excluding hydrogens is 468 g/mol. The van der Waals surface area contributed by atoms with Crippen LogP contribution in [0.1, 0.15) is 31.4 Å². The molecule has 11 heteroatoms. The van der Waals surface area contributed by atoms with Crippen LogP contribution in [-0.2, 0) is 0 Å². The van der Waals surface area contributed by atoms with Gasteiger partial charge in [-0.2, -0.15) is 9.97 Å². The molecule has 0 aliphatic carbocycles. The van der Waals surface area contributed by atoms with E-state index in [-0.39, 0.29) is 6.04 Å². The van der Waals surface area contributed by atoms with Gasteiger partial charge in [0.1, 0.15) is 0 Å². The minimum absolute atomic E-state index is 0.105. The molecule has 0 radical (unpaired) electrons. The Hall–Kier alpha value is -3.11. The van der Waals surface area contributed by atoms with E-state index in [2.05, 4.69) is 20.4 Å². The van der Waals surface area contributed by atoms with E-state index < -0.39 is 0 Å². The third-order valence-corrected chi connectivity index (χ3v) is 6.79. The average Bonchev–Trinajstić information content (AvgIpc) is 3.43. The van der Waals surface area contributed by atoms with Gasteiger partial charge in [0.15, 0.2) is 39.5 Å². The molecule has 10 nitrogen and oxygen atoms in total. The molecule has 4 heterocycles. The number of ether oxygens (including phenoxy) is 2. The van der Waals surface area contributed by atoms with Crippen LogP contribution < -0.4 is 29.9 Å². The molecule has 1 unspecified atom stereocenters. The van der Waals surface area contributed by atoms with Crippen LogP contribution in [0.25, 0.3) is 11.2 Å². The van der Waals surface area contributed by atoms with E-state index in [4.69, 9.17) is 41.0 Å². The zero-order valence-electron chi connectivity index (χ0n) is 20.3. The highest BCUT2D eigenvalue weighted by Crippen LogP contribution is 2.34. The number of piperazine rings is 1.